The van der Waals surface area contributed by atoms with Crippen LogP contribution in [0.1, 0.15) is 45.8 Å². The Morgan fingerprint density at radius 1 is 0.939 bits per heavy atom. The minimum absolute atomic E-state index is 0.0912. The van der Waals surface area contributed by atoms with Gasteiger partial charge in [0, 0.05) is 11.3 Å². The van der Waals surface area contributed by atoms with Crippen molar-refractivity contribution in [2.45, 2.75) is 40.3 Å². The van der Waals surface area contributed by atoms with Crippen molar-refractivity contribution in [3.8, 4) is 0 Å². The molecule has 0 bridgehead atoms. The fourth-order valence-corrected chi connectivity index (χ4v) is 3.84. The summed E-state index contributed by atoms with van der Waals surface area (Å²) < 4.78 is 1.87. The van der Waals surface area contributed by atoms with Gasteiger partial charge >= 0.3 is 0 Å². The Hall–Kier alpha value is -3.93. The second-order valence-corrected chi connectivity index (χ2v) is 8.47. The molecule has 3 aromatic carbocycles. The zero-order valence-electron chi connectivity index (χ0n) is 19.3. The van der Waals surface area contributed by atoms with Crippen LogP contribution in [0.25, 0.3) is 11.0 Å². The summed E-state index contributed by atoms with van der Waals surface area (Å²) in [5.74, 6) is 0.305. The average molecular weight is 441 g/mol. The SMILES string of the molecule is Cc1ccc(C(=O)NC(C)c2nc3ccccc3n2CC(=O)Nc2cc(C)ccc2C)cc1. The van der Waals surface area contributed by atoms with Crippen LogP contribution >= 0.6 is 0 Å². The minimum Gasteiger partial charge on any atom is -0.342 e. The fraction of sp³-hybridized carbons (Fsp3) is 0.222. The van der Waals surface area contributed by atoms with Gasteiger partial charge in [-0.25, -0.2) is 4.98 Å². The fourth-order valence-electron chi connectivity index (χ4n) is 3.84. The Labute approximate surface area is 193 Å². The maximum Gasteiger partial charge on any atom is 0.251 e. The molecule has 6 heteroatoms. The third kappa shape index (κ3) is 4.95. The summed E-state index contributed by atoms with van der Waals surface area (Å²) in [5.41, 5.74) is 6.19. The molecule has 2 N–H and O–H groups in total. The molecule has 4 rings (SSSR count). The predicted molar refractivity (Wildman–Crippen MR) is 131 cm³/mol. The van der Waals surface area contributed by atoms with Crippen LogP contribution in [0.3, 0.4) is 0 Å². The van der Waals surface area contributed by atoms with E-state index < -0.39 is 0 Å². The van der Waals surface area contributed by atoms with Gasteiger partial charge < -0.3 is 15.2 Å². The van der Waals surface area contributed by atoms with Crippen LogP contribution in [0, 0.1) is 20.8 Å². The average Bonchev–Trinajstić information content (AvgIpc) is 3.15. The van der Waals surface area contributed by atoms with Crippen molar-refractivity contribution < 1.29 is 9.59 Å². The van der Waals surface area contributed by atoms with Gasteiger partial charge in [0.25, 0.3) is 5.91 Å². The molecule has 1 atom stereocenters. The molecule has 0 spiro atoms. The summed E-state index contributed by atoms with van der Waals surface area (Å²) in [6, 6.07) is 20.7. The molecule has 6 nitrogen and oxygen atoms in total. The Kier molecular flexibility index (Phi) is 6.27. The number of hydrogen-bond acceptors (Lipinski definition) is 3. The number of nitrogens with one attached hydrogen (secondary N) is 2. The molecular formula is C27H28N4O2. The highest BCUT2D eigenvalue weighted by Crippen LogP contribution is 2.22. The van der Waals surface area contributed by atoms with Crippen LogP contribution in [0.15, 0.2) is 66.7 Å². The lowest BCUT2D eigenvalue weighted by Gasteiger charge is -2.17. The Morgan fingerprint density at radius 2 is 1.64 bits per heavy atom. The lowest BCUT2D eigenvalue weighted by molar-refractivity contribution is -0.116. The van der Waals surface area contributed by atoms with E-state index in [1.54, 1.807) is 12.1 Å². The summed E-state index contributed by atoms with van der Waals surface area (Å²) in [6.07, 6.45) is 0. The van der Waals surface area contributed by atoms with E-state index in [-0.39, 0.29) is 24.4 Å². The number of carbonyl (C=O) groups is 2. The van der Waals surface area contributed by atoms with Gasteiger partial charge in [-0.2, -0.15) is 0 Å². The van der Waals surface area contributed by atoms with Crippen LogP contribution in [-0.2, 0) is 11.3 Å². The predicted octanol–water partition coefficient (Wildman–Crippen LogP) is 5.09. The van der Waals surface area contributed by atoms with Crippen LogP contribution in [0.2, 0.25) is 0 Å². The van der Waals surface area contributed by atoms with E-state index in [1.165, 1.54) is 0 Å². The van der Waals surface area contributed by atoms with Crippen LogP contribution in [0.5, 0.6) is 0 Å². The Bertz CT molecular complexity index is 1320. The number of hydrogen-bond donors (Lipinski definition) is 2. The van der Waals surface area contributed by atoms with Gasteiger partial charge in [0.1, 0.15) is 12.4 Å². The van der Waals surface area contributed by atoms with Crippen LogP contribution in [0.4, 0.5) is 5.69 Å². The Morgan fingerprint density at radius 3 is 2.39 bits per heavy atom. The van der Waals surface area contributed by atoms with E-state index in [0.29, 0.717) is 11.4 Å². The number of carbonyl (C=O) groups excluding carboxylic acids is 2. The van der Waals surface area contributed by atoms with Gasteiger partial charge in [0.2, 0.25) is 5.91 Å². The second-order valence-electron chi connectivity index (χ2n) is 8.47. The number of imidazole rings is 1. The number of amides is 2. The Balaban J connectivity index is 1.60. The summed E-state index contributed by atoms with van der Waals surface area (Å²) in [7, 11) is 0. The molecule has 1 aromatic heterocycles. The zero-order valence-corrected chi connectivity index (χ0v) is 19.3. The number of nitrogens with zero attached hydrogens (tertiary/aromatic N) is 2. The van der Waals surface area contributed by atoms with Gasteiger partial charge in [0.15, 0.2) is 0 Å². The minimum atomic E-state index is -0.389. The van der Waals surface area contributed by atoms with Crippen molar-refractivity contribution in [1.82, 2.24) is 14.9 Å². The summed E-state index contributed by atoms with van der Waals surface area (Å²) in [6.45, 7) is 7.92. The first-order valence-corrected chi connectivity index (χ1v) is 11.0. The molecule has 2 amide bonds. The van der Waals surface area contributed by atoms with E-state index >= 15 is 0 Å². The smallest absolute Gasteiger partial charge is 0.251 e. The van der Waals surface area contributed by atoms with Crippen molar-refractivity contribution in [3.63, 3.8) is 0 Å². The number of para-hydroxylation sites is 2. The van der Waals surface area contributed by atoms with Crippen molar-refractivity contribution in [2.75, 3.05) is 5.32 Å². The van der Waals surface area contributed by atoms with Gasteiger partial charge in [0.05, 0.1) is 17.1 Å². The van der Waals surface area contributed by atoms with Gasteiger partial charge in [-0.3, -0.25) is 9.59 Å². The summed E-state index contributed by atoms with van der Waals surface area (Å²) in [5, 5.41) is 6.04. The van der Waals surface area contributed by atoms with Gasteiger partial charge in [-0.1, -0.05) is 42.0 Å². The standard InChI is InChI=1S/C27H28N4O2/c1-17-10-13-21(14-11-17)27(33)28-20(4)26-30-22-7-5-6-8-24(22)31(26)16-25(32)29-23-15-18(2)9-12-19(23)3/h5-15,20H,16H2,1-4H3,(H,28,33)(H,29,32). The molecule has 0 fully saturated rings. The number of aryl methyl sites for hydroxylation is 3. The molecule has 0 radical (unpaired) electrons. The first-order valence-electron chi connectivity index (χ1n) is 11.0. The first-order chi connectivity index (χ1) is 15.8. The molecule has 4 aromatic rings. The van der Waals surface area contributed by atoms with E-state index in [9.17, 15) is 9.59 Å². The molecule has 0 saturated carbocycles. The highest BCUT2D eigenvalue weighted by Gasteiger charge is 2.21. The van der Waals surface area contributed by atoms with E-state index in [0.717, 1.165) is 33.4 Å². The number of fused-ring (bicyclic) bond motifs is 1. The summed E-state index contributed by atoms with van der Waals surface area (Å²) >= 11 is 0. The number of aromatic nitrogens is 2. The molecule has 0 aliphatic rings. The van der Waals surface area contributed by atoms with Gasteiger partial charge in [-0.15, -0.1) is 0 Å². The highest BCUT2D eigenvalue weighted by atomic mass is 16.2. The summed E-state index contributed by atoms with van der Waals surface area (Å²) in [4.78, 5) is 30.5. The van der Waals surface area contributed by atoms with Crippen molar-refractivity contribution in [1.29, 1.82) is 0 Å². The monoisotopic (exact) mass is 440 g/mol. The zero-order chi connectivity index (χ0) is 23.5. The van der Waals surface area contributed by atoms with Crippen LogP contribution < -0.4 is 10.6 Å². The molecule has 0 aliphatic carbocycles. The molecule has 168 valence electrons. The molecule has 1 unspecified atom stereocenters. The second kappa shape index (κ2) is 9.28. The topological polar surface area (TPSA) is 76.0 Å². The largest absolute Gasteiger partial charge is 0.342 e. The normalized spacial score (nSPS) is 11.9. The molecule has 0 saturated heterocycles. The quantitative estimate of drug-likeness (QED) is 0.438. The maximum absolute atomic E-state index is 13.0. The van der Waals surface area contributed by atoms with E-state index in [4.69, 9.17) is 4.98 Å². The highest BCUT2D eigenvalue weighted by molar-refractivity contribution is 5.95. The molecule has 0 aliphatic heterocycles. The van der Waals surface area contributed by atoms with E-state index in [2.05, 4.69) is 10.6 Å². The molecule has 33 heavy (non-hydrogen) atoms. The lowest BCUT2D eigenvalue weighted by atomic mass is 10.1. The van der Waals surface area contributed by atoms with Crippen molar-refractivity contribution in [2.24, 2.45) is 0 Å². The van der Waals surface area contributed by atoms with Crippen molar-refractivity contribution in [3.05, 3.63) is 94.8 Å². The number of benzene rings is 3. The molecule has 1 heterocycles. The third-order valence-corrected chi connectivity index (χ3v) is 5.70. The van der Waals surface area contributed by atoms with Gasteiger partial charge in [-0.05, 0) is 69.2 Å². The molecular weight excluding hydrogens is 412 g/mol. The van der Waals surface area contributed by atoms with Crippen LogP contribution in [-0.4, -0.2) is 21.4 Å². The third-order valence-electron chi connectivity index (χ3n) is 5.70. The number of anilines is 1. The first kappa shape index (κ1) is 22.3. The lowest BCUT2D eigenvalue weighted by Crippen LogP contribution is -2.30. The van der Waals surface area contributed by atoms with Crippen molar-refractivity contribution >= 4 is 28.5 Å². The van der Waals surface area contributed by atoms with E-state index in [1.807, 2.05) is 86.9 Å². The number of rotatable bonds is 6. The maximum atomic E-state index is 13.0.